The van der Waals surface area contributed by atoms with Gasteiger partial charge in [-0.05, 0) is 18.8 Å². The highest BCUT2D eigenvalue weighted by atomic mass is 16.5. The van der Waals surface area contributed by atoms with Crippen LogP contribution in [0.25, 0.3) is 0 Å². The Labute approximate surface area is 77.5 Å². The van der Waals surface area contributed by atoms with Crippen molar-refractivity contribution in [2.24, 2.45) is 5.92 Å². The predicted octanol–water partition coefficient (Wildman–Crippen LogP) is 3.63. The fraction of sp³-hybridized carbons (Fsp3) is 1.00. The van der Waals surface area contributed by atoms with Crippen LogP contribution in [0, 0.1) is 5.92 Å². The lowest BCUT2D eigenvalue weighted by atomic mass is 10.1. The Balaban J connectivity index is 3.02. The molecule has 0 radical (unpaired) electrons. The SMILES string of the molecule is CCCCOCC(C)CCCC. The van der Waals surface area contributed by atoms with Gasteiger partial charge in [0.05, 0.1) is 0 Å². The van der Waals surface area contributed by atoms with E-state index in [1.165, 1.54) is 32.1 Å². The minimum Gasteiger partial charge on any atom is -0.381 e. The minimum absolute atomic E-state index is 0.752. The van der Waals surface area contributed by atoms with Crippen molar-refractivity contribution in [2.45, 2.75) is 52.9 Å². The molecule has 0 saturated heterocycles. The summed E-state index contributed by atoms with van der Waals surface area (Å²) in [6, 6.07) is 0. The zero-order valence-electron chi connectivity index (χ0n) is 8.94. The van der Waals surface area contributed by atoms with Gasteiger partial charge in [0, 0.05) is 13.2 Å². The third-order valence-electron chi connectivity index (χ3n) is 2.10. The van der Waals surface area contributed by atoms with Gasteiger partial charge in [-0.25, -0.2) is 0 Å². The molecule has 0 fully saturated rings. The molecule has 0 aliphatic heterocycles. The molecule has 0 aromatic carbocycles. The van der Waals surface area contributed by atoms with E-state index < -0.39 is 0 Å². The Kier molecular flexibility index (Phi) is 9.02. The molecule has 0 heterocycles. The summed E-state index contributed by atoms with van der Waals surface area (Å²) < 4.78 is 5.53. The lowest BCUT2D eigenvalue weighted by Crippen LogP contribution is -2.06. The molecule has 1 heteroatoms. The summed E-state index contributed by atoms with van der Waals surface area (Å²) in [4.78, 5) is 0. The zero-order valence-corrected chi connectivity index (χ0v) is 8.94. The van der Waals surface area contributed by atoms with Crippen LogP contribution in [0.15, 0.2) is 0 Å². The predicted molar refractivity (Wildman–Crippen MR) is 54.4 cm³/mol. The van der Waals surface area contributed by atoms with Gasteiger partial charge in [0.2, 0.25) is 0 Å². The molecule has 1 atom stereocenters. The number of unbranched alkanes of at least 4 members (excludes halogenated alkanes) is 2. The fourth-order valence-electron chi connectivity index (χ4n) is 1.17. The van der Waals surface area contributed by atoms with Crippen molar-refractivity contribution in [2.75, 3.05) is 13.2 Å². The summed E-state index contributed by atoms with van der Waals surface area (Å²) >= 11 is 0. The van der Waals surface area contributed by atoms with E-state index in [9.17, 15) is 0 Å². The second kappa shape index (κ2) is 9.05. The lowest BCUT2D eigenvalue weighted by molar-refractivity contribution is 0.0989. The van der Waals surface area contributed by atoms with Crippen LogP contribution in [-0.2, 0) is 4.74 Å². The molecule has 0 aromatic heterocycles. The van der Waals surface area contributed by atoms with Crippen LogP contribution < -0.4 is 0 Å². The van der Waals surface area contributed by atoms with Gasteiger partial charge >= 0.3 is 0 Å². The van der Waals surface area contributed by atoms with Gasteiger partial charge in [-0.2, -0.15) is 0 Å². The first-order valence-electron chi connectivity index (χ1n) is 5.39. The van der Waals surface area contributed by atoms with Gasteiger partial charge in [0.1, 0.15) is 0 Å². The van der Waals surface area contributed by atoms with Gasteiger partial charge in [0.15, 0.2) is 0 Å². The third kappa shape index (κ3) is 8.06. The van der Waals surface area contributed by atoms with Gasteiger partial charge in [0.25, 0.3) is 0 Å². The van der Waals surface area contributed by atoms with E-state index in [-0.39, 0.29) is 0 Å². The number of ether oxygens (including phenoxy) is 1. The minimum atomic E-state index is 0.752. The first-order chi connectivity index (χ1) is 5.81. The second-order valence-corrected chi connectivity index (χ2v) is 3.68. The van der Waals surface area contributed by atoms with Crippen molar-refractivity contribution >= 4 is 0 Å². The smallest absolute Gasteiger partial charge is 0.0491 e. The Morgan fingerprint density at radius 2 is 1.75 bits per heavy atom. The van der Waals surface area contributed by atoms with Crippen molar-refractivity contribution in [1.82, 2.24) is 0 Å². The molecule has 0 spiro atoms. The highest BCUT2D eigenvalue weighted by Gasteiger charge is 2.00. The Morgan fingerprint density at radius 3 is 2.33 bits per heavy atom. The van der Waals surface area contributed by atoms with Crippen molar-refractivity contribution in [3.05, 3.63) is 0 Å². The van der Waals surface area contributed by atoms with Crippen molar-refractivity contribution in [3.63, 3.8) is 0 Å². The summed E-state index contributed by atoms with van der Waals surface area (Å²) in [5.41, 5.74) is 0. The first kappa shape index (κ1) is 12.0. The number of hydrogen-bond acceptors (Lipinski definition) is 1. The van der Waals surface area contributed by atoms with Crippen LogP contribution in [0.5, 0.6) is 0 Å². The molecule has 0 aromatic rings. The van der Waals surface area contributed by atoms with Crippen LogP contribution in [0.1, 0.15) is 52.9 Å². The molecule has 74 valence electrons. The largest absolute Gasteiger partial charge is 0.381 e. The average Bonchev–Trinajstić information content (AvgIpc) is 2.09. The van der Waals surface area contributed by atoms with E-state index in [4.69, 9.17) is 4.74 Å². The number of rotatable bonds is 8. The first-order valence-corrected chi connectivity index (χ1v) is 5.39. The van der Waals surface area contributed by atoms with Gasteiger partial charge in [-0.3, -0.25) is 0 Å². The molecule has 0 rings (SSSR count). The van der Waals surface area contributed by atoms with Crippen LogP contribution in [-0.4, -0.2) is 13.2 Å². The molecule has 0 saturated carbocycles. The van der Waals surface area contributed by atoms with Gasteiger partial charge in [-0.1, -0.05) is 40.0 Å². The molecular weight excluding hydrogens is 148 g/mol. The number of hydrogen-bond donors (Lipinski definition) is 0. The van der Waals surface area contributed by atoms with Crippen LogP contribution in [0.2, 0.25) is 0 Å². The van der Waals surface area contributed by atoms with Crippen LogP contribution >= 0.6 is 0 Å². The Hall–Kier alpha value is -0.0400. The molecular formula is C11H24O. The Morgan fingerprint density at radius 1 is 1.08 bits per heavy atom. The molecule has 1 unspecified atom stereocenters. The fourth-order valence-corrected chi connectivity index (χ4v) is 1.17. The van der Waals surface area contributed by atoms with E-state index in [0.717, 1.165) is 19.1 Å². The highest BCUT2D eigenvalue weighted by Crippen LogP contribution is 2.07. The molecule has 0 amide bonds. The molecule has 12 heavy (non-hydrogen) atoms. The molecule has 0 aliphatic carbocycles. The second-order valence-electron chi connectivity index (χ2n) is 3.68. The maximum absolute atomic E-state index is 5.53. The van der Waals surface area contributed by atoms with Crippen LogP contribution in [0.4, 0.5) is 0 Å². The molecule has 0 bridgehead atoms. The van der Waals surface area contributed by atoms with E-state index in [1.54, 1.807) is 0 Å². The quantitative estimate of drug-likeness (QED) is 0.508. The van der Waals surface area contributed by atoms with Crippen LogP contribution in [0.3, 0.4) is 0 Å². The summed E-state index contributed by atoms with van der Waals surface area (Å²) in [6.07, 6.45) is 6.42. The molecule has 0 N–H and O–H groups in total. The standard InChI is InChI=1S/C11H24O/c1-4-6-8-11(3)10-12-9-7-5-2/h11H,4-10H2,1-3H3. The summed E-state index contributed by atoms with van der Waals surface area (Å²) in [5.74, 6) is 0.752. The summed E-state index contributed by atoms with van der Waals surface area (Å²) in [6.45, 7) is 8.63. The Bertz CT molecular complexity index is 81.1. The topological polar surface area (TPSA) is 9.23 Å². The third-order valence-corrected chi connectivity index (χ3v) is 2.10. The normalized spacial score (nSPS) is 13.2. The van der Waals surface area contributed by atoms with E-state index in [0.29, 0.717) is 0 Å². The van der Waals surface area contributed by atoms with Gasteiger partial charge in [-0.15, -0.1) is 0 Å². The monoisotopic (exact) mass is 172 g/mol. The lowest BCUT2D eigenvalue weighted by Gasteiger charge is -2.10. The van der Waals surface area contributed by atoms with Crippen molar-refractivity contribution < 1.29 is 4.74 Å². The summed E-state index contributed by atoms with van der Waals surface area (Å²) in [5, 5.41) is 0. The van der Waals surface area contributed by atoms with Gasteiger partial charge < -0.3 is 4.74 Å². The maximum atomic E-state index is 5.53. The maximum Gasteiger partial charge on any atom is 0.0491 e. The summed E-state index contributed by atoms with van der Waals surface area (Å²) in [7, 11) is 0. The molecule has 1 nitrogen and oxygen atoms in total. The molecule has 0 aliphatic rings. The van der Waals surface area contributed by atoms with E-state index >= 15 is 0 Å². The van der Waals surface area contributed by atoms with Crippen molar-refractivity contribution in [1.29, 1.82) is 0 Å². The zero-order chi connectivity index (χ0) is 9.23. The van der Waals surface area contributed by atoms with Crippen molar-refractivity contribution in [3.8, 4) is 0 Å². The van der Waals surface area contributed by atoms with E-state index in [1.807, 2.05) is 0 Å². The average molecular weight is 172 g/mol. The highest BCUT2D eigenvalue weighted by molar-refractivity contribution is 4.50. The van der Waals surface area contributed by atoms with E-state index in [2.05, 4.69) is 20.8 Å².